The van der Waals surface area contributed by atoms with Crippen LogP contribution in [0.3, 0.4) is 0 Å². The molecule has 0 aliphatic rings. The molecule has 0 aliphatic heterocycles. The summed E-state index contributed by atoms with van der Waals surface area (Å²) in [6.07, 6.45) is -2.47. The molecule has 0 unspecified atom stereocenters. The number of carbonyl (C=O) groups excluding carboxylic acids is 1. The Bertz CT molecular complexity index is 906. The van der Waals surface area contributed by atoms with Gasteiger partial charge in [0.1, 0.15) is 0 Å². The van der Waals surface area contributed by atoms with Gasteiger partial charge in [-0.25, -0.2) is 4.98 Å². The summed E-state index contributed by atoms with van der Waals surface area (Å²) in [4.78, 5) is 22.3. The number of aromatic nitrogens is 4. The Morgan fingerprint density at radius 2 is 1.92 bits per heavy atom. The van der Waals surface area contributed by atoms with Gasteiger partial charge in [0.15, 0.2) is 11.5 Å². The monoisotopic (exact) mass is 349 g/mol. The lowest BCUT2D eigenvalue weighted by Crippen LogP contribution is -2.28. The molecule has 25 heavy (non-hydrogen) atoms. The van der Waals surface area contributed by atoms with E-state index < -0.39 is 18.5 Å². The van der Waals surface area contributed by atoms with Gasteiger partial charge in [-0.15, -0.1) is 0 Å². The number of nitrogens with zero attached hydrogens (tertiary/aromatic N) is 5. The van der Waals surface area contributed by atoms with Gasteiger partial charge < -0.3 is 0 Å². The first-order chi connectivity index (χ1) is 11.8. The minimum absolute atomic E-state index is 0.0413. The molecule has 0 fully saturated rings. The molecule has 3 aromatic rings. The fraction of sp³-hybridized carbons (Fsp3) is 0.250. The number of aryl methyl sites for hydroxylation is 1. The number of alkyl halides is 3. The van der Waals surface area contributed by atoms with Crippen LogP contribution in [0.2, 0.25) is 0 Å². The third kappa shape index (κ3) is 3.93. The molecule has 130 valence electrons. The minimum Gasteiger partial charge on any atom is -0.293 e. The Morgan fingerprint density at radius 1 is 1.20 bits per heavy atom. The molecule has 0 spiro atoms. The van der Waals surface area contributed by atoms with Crippen molar-refractivity contribution in [3.8, 4) is 0 Å². The van der Waals surface area contributed by atoms with E-state index in [2.05, 4.69) is 15.1 Å². The van der Waals surface area contributed by atoms with E-state index in [4.69, 9.17) is 0 Å². The molecule has 0 bridgehead atoms. The maximum absolute atomic E-state index is 12.5. The molecule has 1 aromatic carbocycles. The molecule has 0 radical (unpaired) electrons. The number of fused-ring (bicyclic) bond motifs is 1. The second kappa shape index (κ2) is 6.50. The number of hydrogen-bond donors (Lipinski definition) is 0. The van der Waals surface area contributed by atoms with Crippen LogP contribution in [-0.2, 0) is 6.54 Å². The molecule has 6 nitrogen and oxygen atoms in total. The number of para-hydroxylation sites is 2. The van der Waals surface area contributed by atoms with Crippen LogP contribution in [0.25, 0.3) is 11.0 Å². The Labute approximate surface area is 140 Å². The van der Waals surface area contributed by atoms with Crippen LogP contribution in [-0.4, -0.2) is 38.9 Å². The van der Waals surface area contributed by atoms with E-state index in [1.165, 1.54) is 30.4 Å². The number of halogens is 3. The van der Waals surface area contributed by atoms with Gasteiger partial charge in [-0.2, -0.15) is 18.3 Å². The van der Waals surface area contributed by atoms with Gasteiger partial charge in [0.2, 0.25) is 0 Å². The number of rotatable bonds is 4. The zero-order valence-electron chi connectivity index (χ0n) is 13.2. The highest BCUT2D eigenvalue weighted by atomic mass is 19.4. The highest BCUT2D eigenvalue weighted by Gasteiger charge is 2.27. The van der Waals surface area contributed by atoms with Crippen LogP contribution in [0, 0.1) is 0 Å². The summed E-state index contributed by atoms with van der Waals surface area (Å²) in [5.74, 6) is -0.149. The molecule has 0 saturated heterocycles. The summed E-state index contributed by atoms with van der Waals surface area (Å²) < 4.78 is 37.9. The van der Waals surface area contributed by atoms with E-state index in [9.17, 15) is 18.0 Å². The predicted octanol–water partition coefficient (Wildman–Crippen LogP) is 3.06. The fourth-order valence-electron chi connectivity index (χ4n) is 2.23. The lowest BCUT2D eigenvalue weighted by atomic mass is 10.3. The summed E-state index contributed by atoms with van der Waals surface area (Å²) >= 11 is 0. The molecule has 2 heterocycles. The van der Waals surface area contributed by atoms with Crippen molar-refractivity contribution in [2.24, 2.45) is 0 Å². The molecule has 0 saturated carbocycles. The van der Waals surface area contributed by atoms with E-state index in [0.29, 0.717) is 16.9 Å². The number of hydrogen-bond acceptors (Lipinski definition) is 4. The first-order valence-electron chi connectivity index (χ1n) is 7.43. The number of benzene rings is 1. The van der Waals surface area contributed by atoms with E-state index in [1.807, 2.05) is 12.1 Å². The van der Waals surface area contributed by atoms with Gasteiger partial charge in [0.05, 0.1) is 23.7 Å². The molecule has 2 aromatic heterocycles. The standard InChI is InChI=1S/C16H14F3N5O/c1-23(14-10-20-11-4-2-3-5-12(11)21-14)15(25)13-6-8-24(22-13)9-7-16(17,18)19/h2-6,8,10H,7,9H2,1H3. The van der Waals surface area contributed by atoms with Gasteiger partial charge in [0.25, 0.3) is 5.91 Å². The van der Waals surface area contributed by atoms with Crippen LogP contribution in [0.1, 0.15) is 16.9 Å². The second-order valence-corrected chi connectivity index (χ2v) is 5.41. The van der Waals surface area contributed by atoms with E-state index >= 15 is 0 Å². The highest BCUT2D eigenvalue weighted by molar-refractivity contribution is 6.04. The molecule has 0 aliphatic carbocycles. The van der Waals surface area contributed by atoms with Crippen molar-refractivity contribution < 1.29 is 18.0 Å². The van der Waals surface area contributed by atoms with E-state index in [0.717, 1.165) is 4.68 Å². The van der Waals surface area contributed by atoms with Crippen molar-refractivity contribution in [1.29, 1.82) is 0 Å². The second-order valence-electron chi connectivity index (χ2n) is 5.41. The molecule has 0 atom stereocenters. The van der Waals surface area contributed by atoms with Crippen LogP contribution >= 0.6 is 0 Å². The maximum atomic E-state index is 12.5. The molecule has 1 amide bonds. The zero-order chi connectivity index (χ0) is 18.0. The normalized spacial score (nSPS) is 11.7. The largest absolute Gasteiger partial charge is 0.390 e. The molecule has 9 heteroatoms. The zero-order valence-corrected chi connectivity index (χ0v) is 13.2. The van der Waals surface area contributed by atoms with Gasteiger partial charge in [0, 0.05) is 19.8 Å². The number of carbonyl (C=O) groups is 1. The number of anilines is 1. The summed E-state index contributed by atoms with van der Waals surface area (Å²) in [6, 6.07) is 8.60. The summed E-state index contributed by atoms with van der Waals surface area (Å²) in [5, 5.41) is 3.90. The van der Waals surface area contributed by atoms with Crippen LogP contribution < -0.4 is 4.90 Å². The van der Waals surface area contributed by atoms with Crippen molar-refractivity contribution in [3.63, 3.8) is 0 Å². The van der Waals surface area contributed by atoms with E-state index in [-0.39, 0.29) is 12.2 Å². The summed E-state index contributed by atoms with van der Waals surface area (Å²) in [5.41, 5.74) is 1.37. The lowest BCUT2D eigenvalue weighted by molar-refractivity contribution is -0.137. The average molecular weight is 349 g/mol. The third-order valence-corrected chi connectivity index (χ3v) is 3.57. The van der Waals surface area contributed by atoms with Crippen molar-refractivity contribution in [3.05, 3.63) is 48.4 Å². The first-order valence-corrected chi connectivity index (χ1v) is 7.43. The highest BCUT2D eigenvalue weighted by Crippen LogP contribution is 2.20. The molecule has 0 N–H and O–H groups in total. The Hall–Kier alpha value is -2.97. The molecular weight excluding hydrogens is 335 g/mol. The first kappa shape index (κ1) is 16.9. The Balaban J connectivity index is 1.76. The van der Waals surface area contributed by atoms with Crippen LogP contribution in [0.15, 0.2) is 42.7 Å². The van der Waals surface area contributed by atoms with Crippen molar-refractivity contribution in [2.75, 3.05) is 11.9 Å². The molecule has 3 rings (SSSR count). The van der Waals surface area contributed by atoms with Gasteiger partial charge >= 0.3 is 6.18 Å². The van der Waals surface area contributed by atoms with Crippen LogP contribution in [0.4, 0.5) is 19.0 Å². The lowest BCUT2D eigenvalue weighted by Gasteiger charge is -2.14. The Kier molecular flexibility index (Phi) is 4.39. The molecular formula is C16H14F3N5O. The van der Waals surface area contributed by atoms with E-state index in [1.54, 1.807) is 12.1 Å². The van der Waals surface area contributed by atoms with Gasteiger partial charge in [-0.3, -0.25) is 19.4 Å². The minimum atomic E-state index is -4.27. The SMILES string of the molecule is CN(C(=O)c1ccn(CCC(F)(F)F)n1)c1cnc2ccccc2n1. The van der Waals surface area contributed by atoms with Crippen molar-refractivity contribution in [2.45, 2.75) is 19.1 Å². The predicted molar refractivity (Wildman–Crippen MR) is 85.2 cm³/mol. The van der Waals surface area contributed by atoms with Gasteiger partial charge in [-0.1, -0.05) is 12.1 Å². The maximum Gasteiger partial charge on any atom is 0.390 e. The van der Waals surface area contributed by atoms with Gasteiger partial charge in [-0.05, 0) is 18.2 Å². The average Bonchev–Trinajstić information content (AvgIpc) is 3.07. The van der Waals surface area contributed by atoms with Crippen LogP contribution in [0.5, 0.6) is 0 Å². The number of amides is 1. The Morgan fingerprint density at radius 3 is 2.64 bits per heavy atom. The quantitative estimate of drug-likeness (QED) is 0.726. The third-order valence-electron chi connectivity index (χ3n) is 3.57. The smallest absolute Gasteiger partial charge is 0.293 e. The van der Waals surface area contributed by atoms with Crippen molar-refractivity contribution >= 4 is 22.8 Å². The van der Waals surface area contributed by atoms with Crippen molar-refractivity contribution in [1.82, 2.24) is 19.7 Å². The summed E-state index contributed by atoms with van der Waals surface area (Å²) in [7, 11) is 1.51. The topological polar surface area (TPSA) is 63.9 Å². The summed E-state index contributed by atoms with van der Waals surface area (Å²) in [6.45, 7) is -0.337. The fourth-order valence-corrected chi connectivity index (χ4v) is 2.23.